The second-order valence-corrected chi connectivity index (χ2v) is 9.57. The molecule has 0 aliphatic heterocycles. The molecule has 31 heavy (non-hydrogen) atoms. The van der Waals surface area contributed by atoms with Gasteiger partial charge in [0, 0.05) is 10.9 Å². The minimum atomic E-state index is -0.490. The van der Waals surface area contributed by atoms with Gasteiger partial charge in [0.25, 0.3) is 0 Å². The van der Waals surface area contributed by atoms with Crippen molar-refractivity contribution >= 4 is 28.2 Å². The number of hydrogen-bond donors (Lipinski definition) is 2. The predicted octanol–water partition coefficient (Wildman–Crippen LogP) is 5.51. The second-order valence-electron chi connectivity index (χ2n) is 8.47. The minimum Gasteiger partial charge on any atom is -0.462 e. The van der Waals surface area contributed by atoms with Crippen LogP contribution in [0.25, 0.3) is 0 Å². The number of amides is 1. The standard InChI is InChI=1S/C25H34N2O3S/c1-5-10-17(4)26-22(18-11-8-7-9-12-18)23(28)27-24-21(25(29)30-6-2)19-14-13-16(3)15-20(19)31-24/h7-9,11-12,16-17,22,26H,5-6,10,13-15H2,1-4H3,(H,27,28)/t16-,17+,22+/m1/s1. The normalized spacial score (nSPS) is 17.5. The highest BCUT2D eigenvalue weighted by molar-refractivity contribution is 7.17. The molecule has 0 spiro atoms. The third-order valence-corrected chi connectivity index (χ3v) is 6.97. The zero-order chi connectivity index (χ0) is 22.4. The van der Waals surface area contributed by atoms with Crippen molar-refractivity contribution in [1.29, 1.82) is 0 Å². The molecule has 3 atom stereocenters. The summed E-state index contributed by atoms with van der Waals surface area (Å²) in [7, 11) is 0. The van der Waals surface area contributed by atoms with E-state index in [1.807, 2.05) is 37.3 Å². The lowest BCUT2D eigenvalue weighted by molar-refractivity contribution is -0.118. The predicted molar refractivity (Wildman–Crippen MR) is 127 cm³/mol. The lowest BCUT2D eigenvalue weighted by atomic mass is 9.88. The van der Waals surface area contributed by atoms with Crippen molar-refractivity contribution in [3.8, 4) is 0 Å². The summed E-state index contributed by atoms with van der Waals surface area (Å²) in [5.74, 6) is 0.0955. The van der Waals surface area contributed by atoms with Crippen molar-refractivity contribution in [2.24, 2.45) is 5.92 Å². The third kappa shape index (κ3) is 5.74. The Kier molecular flexibility index (Phi) is 8.27. The lowest BCUT2D eigenvalue weighted by Crippen LogP contribution is -2.38. The Labute approximate surface area is 189 Å². The van der Waals surface area contributed by atoms with Crippen molar-refractivity contribution in [2.45, 2.75) is 71.9 Å². The monoisotopic (exact) mass is 442 g/mol. The number of nitrogens with one attached hydrogen (secondary N) is 2. The van der Waals surface area contributed by atoms with E-state index in [0.717, 1.165) is 43.2 Å². The van der Waals surface area contributed by atoms with Gasteiger partial charge in [0.05, 0.1) is 12.2 Å². The van der Waals surface area contributed by atoms with Crippen LogP contribution >= 0.6 is 11.3 Å². The van der Waals surface area contributed by atoms with Gasteiger partial charge < -0.3 is 10.1 Å². The fourth-order valence-corrected chi connectivity index (χ4v) is 5.61. The van der Waals surface area contributed by atoms with Gasteiger partial charge in [-0.3, -0.25) is 10.1 Å². The number of rotatable bonds is 9. The number of fused-ring (bicyclic) bond motifs is 1. The van der Waals surface area contributed by atoms with Gasteiger partial charge in [-0.05, 0) is 56.6 Å². The number of hydrogen-bond acceptors (Lipinski definition) is 5. The van der Waals surface area contributed by atoms with Gasteiger partial charge in [0.15, 0.2) is 0 Å². The molecule has 1 heterocycles. The van der Waals surface area contributed by atoms with Crippen LogP contribution < -0.4 is 10.6 Å². The summed E-state index contributed by atoms with van der Waals surface area (Å²) >= 11 is 1.53. The highest BCUT2D eigenvalue weighted by atomic mass is 32.1. The van der Waals surface area contributed by atoms with E-state index in [-0.39, 0.29) is 17.9 Å². The molecule has 1 aliphatic carbocycles. The van der Waals surface area contributed by atoms with Crippen molar-refractivity contribution < 1.29 is 14.3 Å². The largest absolute Gasteiger partial charge is 0.462 e. The van der Waals surface area contributed by atoms with Crippen LogP contribution in [-0.4, -0.2) is 24.5 Å². The topological polar surface area (TPSA) is 67.4 Å². The first-order valence-corrected chi connectivity index (χ1v) is 12.2. The Morgan fingerprint density at radius 3 is 2.65 bits per heavy atom. The van der Waals surface area contributed by atoms with Crippen molar-refractivity contribution in [2.75, 3.05) is 11.9 Å². The van der Waals surface area contributed by atoms with Crippen LogP contribution in [0.1, 0.15) is 79.4 Å². The van der Waals surface area contributed by atoms with Crippen molar-refractivity contribution in [3.63, 3.8) is 0 Å². The van der Waals surface area contributed by atoms with Crippen molar-refractivity contribution in [3.05, 3.63) is 51.9 Å². The number of carbonyl (C=O) groups is 2. The van der Waals surface area contributed by atoms with E-state index < -0.39 is 6.04 Å². The third-order valence-electron chi connectivity index (χ3n) is 5.80. The van der Waals surface area contributed by atoms with E-state index in [9.17, 15) is 9.59 Å². The molecule has 0 bridgehead atoms. The van der Waals surface area contributed by atoms with Gasteiger partial charge in [-0.1, -0.05) is 50.6 Å². The van der Waals surface area contributed by atoms with E-state index in [1.54, 1.807) is 0 Å². The number of anilines is 1. The van der Waals surface area contributed by atoms with Crippen LogP contribution in [0, 0.1) is 5.92 Å². The molecule has 2 N–H and O–H groups in total. The van der Waals surface area contributed by atoms with Crippen LogP contribution in [0.15, 0.2) is 30.3 Å². The maximum absolute atomic E-state index is 13.4. The molecule has 3 rings (SSSR count). The Morgan fingerprint density at radius 2 is 1.97 bits per heavy atom. The van der Waals surface area contributed by atoms with E-state index in [2.05, 4.69) is 31.4 Å². The highest BCUT2D eigenvalue weighted by Crippen LogP contribution is 2.40. The number of ether oxygens (including phenoxy) is 1. The Hall–Kier alpha value is -2.18. The number of benzene rings is 1. The molecule has 0 saturated carbocycles. The lowest BCUT2D eigenvalue weighted by Gasteiger charge is -2.23. The number of carbonyl (C=O) groups excluding carboxylic acids is 2. The quantitative estimate of drug-likeness (QED) is 0.503. The Bertz CT molecular complexity index is 894. The summed E-state index contributed by atoms with van der Waals surface area (Å²) in [6, 6.07) is 9.46. The average molecular weight is 443 g/mol. The molecule has 0 saturated heterocycles. The molecule has 168 valence electrons. The van der Waals surface area contributed by atoms with Crippen LogP contribution in [-0.2, 0) is 22.4 Å². The molecule has 1 aromatic heterocycles. The zero-order valence-corrected chi connectivity index (χ0v) is 19.8. The van der Waals surface area contributed by atoms with Crippen molar-refractivity contribution in [1.82, 2.24) is 5.32 Å². The van der Waals surface area contributed by atoms with Crippen LogP contribution in [0.3, 0.4) is 0 Å². The van der Waals surface area contributed by atoms with E-state index in [1.165, 1.54) is 16.2 Å². The summed E-state index contributed by atoms with van der Waals surface area (Å²) in [6.45, 7) is 8.59. The maximum Gasteiger partial charge on any atom is 0.341 e. The average Bonchev–Trinajstić information content (AvgIpc) is 3.09. The van der Waals surface area contributed by atoms with Gasteiger partial charge in [-0.2, -0.15) is 0 Å². The molecule has 0 radical (unpaired) electrons. The fourth-order valence-electron chi connectivity index (χ4n) is 4.21. The summed E-state index contributed by atoms with van der Waals surface area (Å²) in [6.07, 6.45) is 4.86. The molecule has 0 fully saturated rings. The molecular formula is C25H34N2O3S. The summed E-state index contributed by atoms with van der Waals surface area (Å²) in [4.78, 5) is 27.4. The molecule has 5 nitrogen and oxygen atoms in total. The first-order chi connectivity index (χ1) is 14.9. The molecule has 1 aliphatic rings. The van der Waals surface area contributed by atoms with Gasteiger partial charge in [-0.25, -0.2) is 4.79 Å². The molecule has 2 aromatic rings. The zero-order valence-electron chi connectivity index (χ0n) is 19.0. The van der Waals surface area contributed by atoms with Gasteiger partial charge in [0.1, 0.15) is 11.0 Å². The minimum absolute atomic E-state index is 0.147. The van der Waals surface area contributed by atoms with E-state index in [0.29, 0.717) is 23.1 Å². The van der Waals surface area contributed by atoms with Gasteiger partial charge >= 0.3 is 5.97 Å². The summed E-state index contributed by atoms with van der Waals surface area (Å²) < 4.78 is 5.34. The highest BCUT2D eigenvalue weighted by Gasteiger charge is 2.31. The molecule has 1 amide bonds. The molecule has 0 unspecified atom stereocenters. The molecular weight excluding hydrogens is 408 g/mol. The Balaban J connectivity index is 1.91. The van der Waals surface area contributed by atoms with Crippen LogP contribution in [0.2, 0.25) is 0 Å². The van der Waals surface area contributed by atoms with Gasteiger partial charge in [0.2, 0.25) is 5.91 Å². The molecule has 6 heteroatoms. The smallest absolute Gasteiger partial charge is 0.341 e. The second kappa shape index (κ2) is 10.9. The number of thiophene rings is 1. The fraction of sp³-hybridized carbons (Fsp3) is 0.520. The van der Waals surface area contributed by atoms with E-state index in [4.69, 9.17) is 4.74 Å². The summed E-state index contributed by atoms with van der Waals surface area (Å²) in [5, 5.41) is 7.18. The number of esters is 1. The van der Waals surface area contributed by atoms with Crippen LogP contribution in [0.5, 0.6) is 0 Å². The van der Waals surface area contributed by atoms with E-state index >= 15 is 0 Å². The maximum atomic E-state index is 13.4. The molecule has 1 aromatic carbocycles. The van der Waals surface area contributed by atoms with Crippen LogP contribution in [0.4, 0.5) is 5.00 Å². The SMILES string of the molecule is CCC[C@H](C)N[C@H](C(=O)Nc1sc2c(c1C(=O)OCC)CC[C@@H](C)C2)c1ccccc1. The van der Waals surface area contributed by atoms with Gasteiger partial charge in [-0.15, -0.1) is 11.3 Å². The first-order valence-electron chi connectivity index (χ1n) is 11.4. The summed E-state index contributed by atoms with van der Waals surface area (Å²) in [5.41, 5.74) is 2.52. The first kappa shape index (κ1) is 23.5. The Morgan fingerprint density at radius 1 is 1.23 bits per heavy atom.